The lowest BCUT2D eigenvalue weighted by molar-refractivity contribution is 1.05. The second-order valence-corrected chi connectivity index (χ2v) is 13.9. The highest BCUT2D eigenvalue weighted by Gasteiger charge is 2.16. The molecule has 0 aliphatic heterocycles. The van der Waals surface area contributed by atoms with Crippen LogP contribution >= 0.6 is 11.3 Å². The minimum Gasteiger partial charge on any atom is -0.311 e. The molecular formula is C45H28N6S. The summed E-state index contributed by atoms with van der Waals surface area (Å²) in [6.07, 6.45) is 9.13. The van der Waals surface area contributed by atoms with E-state index < -0.39 is 0 Å². The highest BCUT2D eigenvalue weighted by atomic mass is 32.1. The molecule has 10 rings (SSSR count). The van der Waals surface area contributed by atoms with Crippen molar-refractivity contribution in [2.24, 2.45) is 0 Å². The molecular weight excluding hydrogens is 657 g/mol. The Morgan fingerprint density at radius 3 is 1.44 bits per heavy atom. The largest absolute Gasteiger partial charge is 0.311 e. The van der Waals surface area contributed by atoms with Crippen LogP contribution in [0.1, 0.15) is 0 Å². The van der Waals surface area contributed by atoms with Crippen LogP contribution in [0.5, 0.6) is 0 Å². The lowest BCUT2D eigenvalue weighted by atomic mass is 10.0. The Labute approximate surface area is 303 Å². The third kappa shape index (κ3) is 5.32. The van der Waals surface area contributed by atoms with E-state index in [2.05, 4.69) is 165 Å². The predicted molar refractivity (Wildman–Crippen MR) is 214 cm³/mol. The van der Waals surface area contributed by atoms with Crippen LogP contribution in [0, 0.1) is 0 Å². The molecule has 6 aromatic carbocycles. The number of rotatable bonds is 6. The van der Waals surface area contributed by atoms with E-state index in [1.807, 2.05) is 29.9 Å². The van der Waals surface area contributed by atoms with Gasteiger partial charge in [0, 0.05) is 70.5 Å². The lowest BCUT2D eigenvalue weighted by Gasteiger charge is -2.26. The summed E-state index contributed by atoms with van der Waals surface area (Å²) in [6, 6.07) is 49.8. The summed E-state index contributed by atoms with van der Waals surface area (Å²) in [6.45, 7) is 0. The summed E-state index contributed by atoms with van der Waals surface area (Å²) in [4.78, 5) is 7.19. The Morgan fingerprint density at radius 1 is 0.404 bits per heavy atom. The van der Waals surface area contributed by atoms with E-state index >= 15 is 0 Å². The van der Waals surface area contributed by atoms with Gasteiger partial charge in [0.05, 0.1) is 30.5 Å². The van der Waals surface area contributed by atoms with Gasteiger partial charge in [0.25, 0.3) is 0 Å². The van der Waals surface area contributed by atoms with E-state index in [1.54, 1.807) is 12.4 Å². The zero-order chi connectivity index (χ0) is 34.4. The van der Waals surface area contributed by atoms with Crippen LogP contribution in [0.3, 0.4) is 0 Å². The van der Waals surface area contributed by atoms with Gasteiger partial charge in [0.15, 0.2) is 0 Å². The van der Waals surface area contributed by atoms with Crippen molar-refractivity contribution in [2.45, 2.75) is 0 Å². The third-order valence-corrected chi connectivity index (χ3v) is 10.8. The second-order valence-electron chi connectivity index (χ2n) is 12.8. The Balaban J connectivity index is 1.04. The third-order valence-electron chi connectivity index (χ3n) is 9.70. The van der Waals surface area contributed by atoms with Crippen molar-refractivity contribution >= 4 is 70.1 Å². The second kappa shape index (κ2) is 12.5. The summed E-state index contributed by atoms with van der Waals surface area (Å²) in [5, 5.41) is 22.9. The van der Waals surface area contributed by atoms with E-state index in [0.29, 0.717) is 0 Å². The van der Waals surface area contributed by atoms with Gasteiger partial charge in [0.2, 0.25) is 0 Å². The molecule has 0 atom stereocenters. The molecule has 7 heteroatoms. The fourth-order valence-electron chi connectivity index (χ4n) is 7.06. The molecule has 10 aromatic rings. The molecule has 0 bridgehead atoms. The standard InChI is InChI=1S/C45H28N6S/c1-2-4-42-41(3-1)44-43(52-42)21-22-46-45(44)31-13-19-40(20-14-31)51(38-15-9-29(10-16-38)32-5-7-34-25-47-49-27-36(34)23-32)39-17-11-30(12-18-39)33-6-8-35-26-48-50-28-37(35)24-33/h1-28H. The number of hydrogen-bond donors (Lipinski definition) is 0. The van der Waals surface area contributed by atoms with Crippen LogP contribution in [0.25, 0.3) is 75.2 Å². The molecule has 0 fully saturated rings. The van der Waals surface area contributed by atoms with Gasteiger partial charge in [-0.3, -0.25) is 4.98 Å². The smallest absolute Gasteiger partial charge is 0.0795 e. The number of hydrogen-bond acceptors (Lipinski definition) is 7. The van der Waals surface area contributed by atoms with E-state index in [-0.39, 0.29) is 0 Å². The molecule has 52 heavy (non-hydrogen) atoms. The first-order valence-corrected chi connectivity index (χ1v) is 17.9. The van der Waals surface area contributed by atoms with Crippen molar-refractivity contribution in [3.05, 3.63) is 171 Å². The first-order chi connectivity index (χ1) is 25.7. The van der Waals surface area contributed by atoms with Crippen molar-refractivity contribution in [1.29, 1.82) is 0 Å². The molecule has 0 spiro atoms. The van der Waals surface area contributed by atoms with Gasteiger partial charge >= 0.3 is 0 Å². The van der Waals surface area contributed by atoms with E-state index in [0.717, 1.165) is 72.1 Å². The maximum Gasteiger partial charge on any atom is 0.0795 e. The number of anilines is 3. The summed E-state index contributed by atoms with van der Waals surface area (Å²) >= 11 is 1.81. The molecule has 0 saturated heterocycles. The molecule has 0 aliphatic rings. The average Bonchev–Trinajstić information content (AvgIpc) is 3.61. The van der Waals surface area contributed by atoms with Crippen LogP contribution < -0.4 is 4.90 Å². The minimum absolute atomic E-state index is 1.00. The SMILES string of the molecule is c1ccc2c(c1)sc1ccnc(-c3ccc(N(c4ccc(-c5ccc6cnncc6c5)cc4)c4ccc(-c5ccc6cnncc6c5)cc4)cc3)c12. The monoisotopic (exact) mass is 684 g/mol. The normalized spacial score (nSPS) is 11.5. The van der Waals surface area contributed by atoms with Gasteiger partial charge in [0.1, 0.15) is 0 Å². The lowest BCUT2D eigenvalue weighted by Crippen LogP contribution is -2.09. The molecule has 6 nitrogen and oxygen atoms in total. The van der Waals surface area contributed by atoms with Crippen molar-refractivity contribution in [1.82, 2.24) is 25.4 Å². The maximum absolute atomic E-state index is 4.88. The Morgan fingerprint density at radius 2 is 0.885 bits per heavy atom. The molecule has 0 saturated carbocycles. The van der Waals surface area contributed by atoms with Gasteiger partial charge in [-0.05, 0) is 82.9 Å². The van der Waals surface area contributed by atoms with Crippen LogP contribution in [0.2, 0.25) is 0 Å². The molecule has 0 N–H and O–H groups in total. The van der Waals surface area contributed by atoms with Gasteiger partial charge in [-0.15, -0.1) is 11.3 Å². The Bertz CT molecular complexity index is 2780. The fourth-order valence-corrected chi connectivity index (χ4v) is 8.16. The van der Waals surface area contributed by atoms with Crippen molar-refractivity contribution in [2.75, 3.05) is 4.90 Å². The fraction of sp³-hybridized carbons (Fsp3) is 0. The number of benzene rings is 6. The molecule has 0 aliphatic carbocycles. The van der Waals surface area contributed by atoms with Crippen molar-refractivity contribution in [3.8, 4) is 33.5 Å². The zero-order valence-corrected chi connectivity index (χ0v) is 28.6. The average molecular weight is 685 g/mol. The summed E-state index contributed by atoms with van der Waals surface area (Å²) in [5.41, 5.74) is 9.81. The Hall–Kier alpha value is -6.83. The molecule has 0 amide bonds. The Kier molecular flexibility index (Phi) is 7.22. The van der Waals surface area contributed by atoms with Gasteiger partial charge in [-0.1, -0.05) is 78.9 Å². The van der Waals surface area contributed by atoms with E-state index in [4.69, 9.17) is 4.98 Å². The highest BCUT2D eigenvalue weighted by Crippen LogP contribution is 2.41. The molecule has 0 radical (unpaired) electrons. The summed E-state index contributed by atoms with van der Waals surface area (Å²) in [7, 11) is 0. The van der Waals surface area contributed by atoms with Crippen LogP contribution in [-0.4, -0.2) is 25.4 Å². The zero-order valence-electron chi connectivity index (χ0n) is 27.8. The number of aromatic nitrogens is 5. The minimum atomic E-state index is 1.00. The van der Waals surface area contributed by atoms with Crippen molar-refractivity contribution < 1.29 is 0 Å². The molecule has 0 unspecified atom stereocenters. The molecule has 4 heterocycles. The maximum atomic E-state index is 4.88. The number of pyridine rings is 1. The van der Waals surface area contributed by atoms with Crippen LogP contribution in [0.4, 0.5) is 17.1 Å². The topological polar surface area (TPSA) is 67.7 Å². The van der Waals surface area contributed by atoms with Gasteiger partial charge in [-0.25, -0.2) is 0 Å². The highest BCUT2D eigenvalue weighted by molar-refractivity contribution is 7.25. The number of thiophene rings is 1. The van der Waals surface area contributed by atoms with E-state index in [1.165, 1.54) is 20.2 Å². The molecule has 244 valence electrons. The molecule has 4 aromatic heterocycles. The summed E-state index contributed by atoms with van der Waals surface area (Å²) < 4.78 is 2.52. The van der Waals surface area contributed by atoms with Crippen LogP contribution in [0.15, 0.2) is 171 Å². The summed E-state index contributed by atoms with van der Waals surface area (Å²) in [5.74, 6) is 0. The first kappa shape index (κ1) is 30.0. The number of fused-ring (bicyclic) bond motifs is 5. The van der Waals surface area contributed by atoms with E-state index in [9.17, 15) is 0 Å². The van der Waals surface area contributed by atoms with Gasteiger partial charge < -0.3 is 4.90 Å². The quantitative estimate of drug-likeness (QED) is 0.174. The predicted octanol–water partition coefficient (Wildman–Crippen LogP) is 11.8. The van der Waals surface area contributed by atoms with Crippen LogP contribution in [-0.2, 0) is 0 Å². The first-order valence-electron chi connectivity index (χ1n) is 17.0. The van der Waals surface area contributed by atoms with Gasteiger partial charge in [-0.2, -0.15) is 20.4 Å². The van der Waals surface area contributed by atoms with Crippen molar-refractivity contribution in [3.63, 3.8) is 0 Å². The number of nitrogens with zero attached hydrogens (tertiary/aromatic N) is 6.